The van der Waals surface area contributed by atoms with E-state index in [-0.39, 0.29) is 0 Å². The zero-order valence-corrected chi connectivity index (χ0v) is 8.96. The highest BCUT2D eigenvalue weighted by Crippen LogP contribution is 2.21. The summed E-state index contributed by atoms with van der Waals surface area (Å²) >= 11 is 5.76. The molecule has 13 heavy (non-hydrogen) atoms. The van der Waals surface area contributed by atoms with E-state index in [1.807, 2.05) is 6.07 Å². The zero-order valence-electron chi connectivity index (χ0n) is 8.20. The first-order valence-corrected chi connectivity index (χ1v) is 5.06. The van der Waals surface area contributed by atoms with Crippen LogP contribution in [0.3, 0.4) is 0 Å². The number of nitrogens with zero attached hydrogens (tertiary/aromatic N) is 1. The fraction of sp³-hybridized carbons (Fsp3) is 0.455. The van der Waals surface area contributed by atoms with E-state index in [2.05, 4.69) is 43.3 Å². The van der Waals surface area contributed by atoms with Gasteiger partial charge in [-0.05, 0) is 26.1 Å². The van der Waals surface area contributed by atoms with Crippen LogP contribution in [0.4, 0.5) is 0 Å². The number of benzene rings is 1. The van der Waals surface area contributed by atoms with Crippen molar-refractivity contribution < 1.29 is 0 Å². The molecule has 2 heteroatoms. The molecule has 0 bridgehead atoms. The predicted octanol–water partition coefficient (Wildman–Crippen LogP) is 2.92. The van der Waals surface area contributed by atoms with Crippen molar-refractivity contribution in [1.82, 2.24) is 4.90 Å². The van der Waals surface area contributed by atoms with Crippen LogP contribution in [-0.2, 0) is 0 Å². The van der Waals surface area contributed by atoms with Crippen LogP contribution < -0.4 is 0 Å². The number of hydrogen-bond donors (Lipinski definition) is 0. The quantitative estimate of drug-likeness (QED) is 0.671. The van der Waals surface area contributed by atoms with Crippen molar-refractivity contribution in [3.63, 3.8) is 0 Å². The summed E-state index contributed by atoms with van der Waals surface area (Å²) < 4.78 is 0. The van der Waals surface area contributed by atoms with Crippen LogP contribution >= 0.6 is 11.6 Å². The molecule has 0 aliphatic rings. The number of rotatable bonds is 4. The molecule has 0 spiro atoms. The molecule has 0 amide bonds. The summed E-state index contributed by atoms with van der Waals surface area (Å²) in [5.41, 5.74) is 1.34. The summed E-state index contributed by atoms with van der Waals surface area (Å²) in [6, 6.07) is 10.9. The Hall–Kier alpha value is -0.530. The second-order valence-electron chi connectivity index (χ2n) is 3.37. The Morgan fingerprint density at radius 2 is 1.85 bits per heavy atom. The van der Waals surface area contributed by atoms with Crippen LogP contribution in [0.1, 0.15) is 18.0 Å². The van der Waals surface area contributed by atoms with Crippen LogP contribution in [0.25, 0.3) is 0 Å². The Morgan fingerprint density at radius 3 is 2.31 bits per heavy atom. The van der Waals surface area contributed by atoms with E-state index in [9.17, 15) is 0 Å². The average Bonchev–Trinajstić information content (AvgIpc) is 2.15. The Kier molecular flexibility index (Phi) is 4.26. The largest absolute Gasteiger partial charge is 0.302 e. The summed E-state index contributed by atoms with van der Waals surface area (Å²) in [7, 11) is 4.18. The van der Waals surface area contributed by atoms with Gasteiger partial charge in [0, 0.05) is 11.9 Å². The second-order valence-corrected chi connectivity index (χ2v) is 3.75. The maximum Gasteiger partial charge on any atom is 0.0353 e. The predicted molar refractivity (Wildman–Crippen MR) is 58.2 cm³/mol. The highest BCUT2D eigenvalue weighted by molar-refractivity contribution is 6.17. The van der Waals surface area contributed by atoms with E-state index in [0.717, 1.165) is 6.42 Å². The molecule has 0 fully saturated rings. The number of alkyl halides is 1. The van der Waals surface area contributed by atoms with Crippen LogP contribution in [0.2, 0.25) is 0 Å². The molecule has 1 aromatic rings. The van der Waals surface area contributed by atoms with Gasteiger partial charge in [-0.3, -0.25) is 0 Å². The summed E-state index contributed by atoms with van der Waals surface area (Å²) in [5.74, 6) is 0.706. The molecule has 0 N–H and O–H groups in total. The Balaban J connectivity index is 2.76. The van der Waals surface area contributed by atoms with Crippen LogP contribution in [-0.4, -0.2) is 24.9 Å². The van der Waals surface area contributed by atoms with Gasteiger partial charge in [0.05, 0.1) is 0 Å². The van der Waals surface area contributed by atoms with Gasteiger partial charge in [0.15, 0.2) is 0 Å². The monoisotopic (exact) mass is 197 g/mol. The maximum absolute atomic E-state index is 5.76. The SMILES string of the molecule is CN(C)[C@H](CCCl)c1ccccc1. The highest BCUT2D eigenvalue weighted by Gasteiger charge is 2.11. The lowest BCUT2D eigenvalue weighted by molar-refractivity contribution is 0.293. The maximum atomic E-state index is 5.76. The zero-order chi connectivity index (χ0) is 9.68. The summed E-state index contributed by atoms with van der Waals surface area (Å²) in [5, 5.41) is 0. The fourth-order valence-electron chi connectivity index (χ4n) is 1.50. The topological polar surface area (TPSA) is 3.24 Å². The van der Waals surface area contributed by atoms with Crippen molar-refractivity contribution >= 4 is 11.6 Å². The lowest BCUT2D eigenvalue weighted by Crippen LogP contribution is -2.20. The molecule has 0 aliphatic carbocycles. The molecule has 1 aromatic carbocycles. The third-order valence-electron chi connectivity index (χ3n) is 2.19. The smallest absolute Gasteiger partial charge is 0.0353 e. The molecule has 1 rings (SSSR count). The lowest BCUT2D eigenvalue weighted by Gasteiger charge is -2.23. The van der Waals surface area contributed by atoms with Crippen molar-refractivity contribution in [3.8, 4) is 0 Å². The van der Waals surface area contributed by atoms with E-state index < -0.39 is 0 Å². The first-order valence-electron chi connectivity index (χ1n) is 4.53. The molecular weight excluding hydrogens is 182 g/mol. The van der Waals surface area contributed by atoms with Crippen molar-refractivity contribution in [2.24, 2.45) is 0 Å². The van der Waals surface area contributed by atoms with E-state index >= 15 is 0 Å². The molecule has 1 atom stereocenters. The van der Waals surface area contributed by atoms with Gasteiger partial charge >= 0.3 is 0 Å². The van der Waals surface area contributed by atoms with Gasteiger partial charge in [-0.2, -0.15) is 0 Å². The summed E-state index contributed by atoms with van der Waals surface area (Å²) in [4.78, 5) is 2.21. The molecule has 0 unspecified atom stereocenters. The minimum Gasteiger partial charge on any atom is -0.302 e. The van der Waals surface area contributed by atoms with Crippen molar-refractivity contribution in [3.05, 3.63) is 35.9 Å². The standard InChI is InChI=1S/C11H16ClN/c1-13(2)11(8-9-12)10-6-4-3-5-7-10/h3-7,11H,8-9H2,1-2H3/t11-/m1/s1. The summed E-state index contributed by atoms with van der Waals surface area (Å²) in [6.45, 7) is 0. The highest BCUT2D eigenvalue weighted by atomic mass is 35.5. The van der Waals surface area contributed by atoms with Gasteiger partial charge < -0.3 is 4.90 Å². The summed E-state index contributed by atoms with van der Waals surface area (Å²) in [6.07, 6.45) is 0.999. The molecule has 0 saturated carbocycles. The molecule has 0 radical (unpaired) electrons. The minimum absolute atomic E-state index is 0.443. The Labute approximate surface area is 85.3 Å². The lowest BCUT2D eigenvalue weighted by atomic mass is 10.0. The molecule has 0 aromatic heterocycles. The molecular formula is C11H16ClN. The Bertz CT molecular complexity index is 233. The minimum atomic E-state index is 0.443. The number of halogens is 1. The van der Waals surface area contributed by atoms with Gasteiger partial charge in [-0.25, -0.2) is 0 Å². The third-order valence-corrected chi connectivity index (χ3v) is 2.41. The normalized spacial score (nSPS) is 13.2. The molecule has 72 valence electrons. The van der Waals surface area contributed by atoms with Gasteiger partial charge in [-0.1, -0.05) is 30.3 Å². The van der Waals surface area contributed by atoms with Gasteiger partial charge in [0.1, 0.15) is 0 Å². The average molecular weight is 198 g/mol. The van der Waals surface area contributed by atoms with Crippen LogP contribution in [0, 0.1) is 0 Å². The molecule has 0 aliphatic heterocycles. The van der Waals surface area contributed by atoms with Crippen LogP contribution in [0.5, 0.6) is 0 Å². The van der Waals surface area contributed by atoms with Crippen molar-refractivity contribution in [1.29, 1.82) is 0 Å². The number of hydrogen-bond acceptors (Lipinski definition) is 1. The first-order chi connectivity index (χ1) is 6.25. The van der Waals surface area contributed by atoms with Crippen molar-refractivity contribution in [2.45, 2.75) is 12.5 Å². The third kappa shape index (κ3) is 3.02. The Morgan fingerprint density at radius 1 is 1.23 bits per heavy atom. The van der Waals surface area contributed by atoms with Crippen LogP contribution in [0.15, 0.2) is 30.3 Å². The first kappa shape index (κ1) is 10.6. The molecule has 0 saturated heterocycles. The van der Waals surface area contributed by atoms with E-state index in [1.165, 1.54) is 5.56 Å². The molecule has 1 nitrogen and oxygen atoms in total. The van der Waals surface area contributed by atoms with E-state index in [4.69, 9.17) is 11.6 Å². The second kappa shape index (κ2) is 5.25. The van der Waals surface area contributed by atoms with E-state index in [1.54, 1.807) is 0 Å². The van der Waals surface area contributed by atoms with Gasteiger partial charge in [-0.15, -0.1) is 11.6 Å². The fourth-order valence-corrected chi connectivity index (χ4v) is 1.71. The van der Waals surface area contributed by atoms with Gasteiger partial charge in [0.2, 0.25) is 0 Å². The van der Waals surface area contributed by atoms with Gasteiger partial charge in [0.25, 0.3) is 0 Å². The van der Waals surface area contributed by atoms with Crippen molar-refractivity contribution in [2.75, 3.05) is 20.0 Å². The molecule has 0 heterocycles. The van der Waals surface area contributed by atoms with E-state index in [0.29, 0.717) is 11.9 Å².